The normalized spacial score (nSPS) is 16.7. The van der Waals surface area contributed by atoms with Gasteiger partial charge in [-0.15, -0.1) is 0 Å². The van der Waals surface area contributed by atoms with Crippen molar-refractivity contribution < 1.29 is 61.3 Å². The number of benzene rings is 1. The Morgan fingerprint density at radius 1 is 1.02 bits per heavy atom. The number of anilines is 1. The largest absolute Gasteiger partial charge is 0.490 e. The van der Waals surface area contributed by atoms with Gasteiger partial charge in [-0.05, 0) is 18.6 Å². The summed E-state index contributed by atoms with van der Waals surface area (Å²) in [6.07, 6.45) is -5.01. The van der Waals surface area contributed by atoms with Gasteiger partial charge in [0.1, 0.15) is 12.6 Å². The average Bonchev–Trinajstić information content (AvgIpc) is 3.13. The number of fused-ring (bicyclic) bond motifs is 1. The number of piperidine rings is 1. The third-order valence-electron chi connectivity index (χ3n) is 5.22. The first kappa shape index (κ1) is 32.3. The summed E-state index contributed by atoms with van der Waals surface area (Å²) in [7, 11) is 0. The van der Waals surface area contributed by atoms with Crippen LogP contribution in [0.15, 0.2) is 18.2 Å². The number of nitrogens with zero attached hydrogens (tertiary/aromatic N) is 1. The third-order valence-corrected chi connectivity index (χ3v) is 5.22. The number of aliphatic carboxylic acids is 1. The van der Waals surface area contributed by atoms with Crippen LogP contribution in [0.5, 0.6) is 0 Å². The first-order valence-corrected chi connectivity index (χ1v) is 11.8. The Morgan fingerprint density at radius 2 is 1.62 bits per heavy atom. The molecule has 0 aromatic heterocycles. The fourth-order valence-electron chi connectivity index (χ4n) is 3.49. The number of rotatable bonds is 12. The molecule has 1 saturated heterocycles. The number of nitrogens with one attached hydrogen (secondary N) is 2. The molecule has 0 aliphatic carbocycles. The van der Waals surface area contributed by atoms with Gasteiger partial charge in [-0.3, -0.25) is 34.2 Å². The lowest BCUT2D eigenvalue weighted by atomic mass is 10.0. The lowest BCUT2D eigenvalue weighted by molar-refractivity contribution is -0.192. The molecule has 2 aliphatic heterocycles. The monoisotopic (exact) mass is 576 g/mol. The second kappa shape index (κ2) is 15.0. The highest BCUT2D eigenvalue weighted by molar-refractivity contribution is 6.26. The topological polar surface area (TPSA) is 204 Å². The van der Waals surface area contributed by atoms with Crippen molar-refractivity contribution >= 4 is 41.2 Å². The van der Waals surface area contributed by atoms with Crippen LogP contribution in [0.4, 0.5) is 18.9 Å². The maximum absolute atomic E-state index is 13.0. The van der Waals surface area contributed by atoms with Gasteiger partial charge in [-0.1, -0.05) is 6.07 Å². The van der Waals surface area contributed by atoms with Crippen LogP contribution < -0.4 is 16.4 Å². The number of carbonyl (C=O) groups is 6. The number of hydrogen-bond donors (Lipinski definition) is 4. The van der Waals surface area contributed by atoms with Gasteiger partial charge in [0.2, 0.25) is 17.7 Å². The van der Waals surface area contributed by atoms with Gasteiger partial charge in [0.25, 0.3) is 11.8 Å². The molecule has 0 bridgehead atoms. The number of carboxylic acid groups (broad SMARTS) is 1. The van der Waals surface area contributed by atoms with Crippen molar-refractivity contribution in [1.82, 2.24) is 10.2 Å². The van der Waals surface area contributed by atoms with Crippen molar-refractivity contribution in [3.8, 4) is 0 Å². The van der Waals surface area contributed by atoms with Crippen LogP contribution in [0.1, 0.15) is 33.6 Å². The van der Waals surface area contributed by atoms with E-state index in [1.54, 1.807) is 0 Å². The van der Waals surface area contributed by atoms with Gasteiger partial charge in [0.05, 0.1) is 49.8 Å². The molecule has 17 heteroatoms. The van der Waals surface area contributed by atoms with Crippen LogP contribution >= 0.6 is 0 Å². The minimum absolute atomic E-state index is 0.00126. The van der Waals surface area contributed by atoms with E-state index >= 15 is 0 Å². The molecular weight excluding hydrogens is 549 g/mol. The van der Waals surface area contributed by atoms with E-state index in [0.717, 1.165) is 4.90 Å². The fraction of sp³-hybridized carbons (Fsp3) is 0.478. The SMILES string of the molecule is NCCOCCOCCOCC(=O)Nc1cccc2c1C(=O)N(C1CCC(=O)NC1=O)C2=O.O=C(O)C(F)(F)F. The number of alkyl halides is 3. The molecular formula is C23H27F3N4O10. The van der Waals surface area contributed by atoms with Crippen LogP contribution in [-0.4, -0.2) is 104 Å². The second-order valence-electron chi connectivity index (χ2n) is 8.09. The van der Waals surface area contributed by atoms with E-state index in [4.69, 9.17) is 29.8 Å². The molecule has 3 rings (SSSR count). The number of nitrogens with two attached hydrogens (primary N) is 1. The molecule has 0 spiro atoms. The van der Waals surface area contributed by atoms with Crippen molar-refractivity contribution in [1.29, 1.82) is 0 Å². The summed E-state index contributed by atoms with van der Waals surface area (Å²) in [5, 5.41) is 11.8. The summed E-state index contributed by atoms with van der Waals surface area (Å²) in [5.74, 6) is -5.78. The van der Waals surface area contributed by atoms with Crippen molar-refractivity contribution in [3.63, 3.8) is 0 Å². The molecule has 1 fully saturated rings. The van der Waals surface area contributed by atoms with Gasteiger partial charge in [-0.2, -0.15) is 13.2 Å². The van der Waals surface area contributed by atoms with Crippen LogP contribution in [0.3, 0.4) is 0 Å². The molecule has 1 unspecified atom stereocenters. The molecule has 0 radical (unpaired) electrons. The number of carbonyl (C=O) groups excluding carboxylic acids is 5. The quantitative estimate of drug-likeness (QED) is 0.187. The molecule has 1 aromatic carbocycles. The molecule has 1 atom stereocenters. The number of imide groups is 2. The molecule has 14 nitrogen and oxygen atoms in total. The van der Waals surface area contributed by atoms with Crippen LogP contribution in [-0.2, 0) is 33.4 Å². The summed E-state index contributed by atoms with van der Waals surface area (Å²) in [6.45, 7) is 1.87. The fourth-order valence-corrected chi connectivity index (χ4v) is 3.49. The maximum atomic E-state index is 13.0. The van der Waals surface area contributed by atoms with Crippen molar-refractivity contribution in [2.45, 2.75) is 25.1 Å². The predicted octanol–water partition coefficient (Wildman–Crippen LogP) is -0.332. The van der Waals surface area contributed by atoms with Gasteiger partial charge >= 0.3 is 12.1 Å². The van der Waals surface area contributed by atoms with Crippen LogP contribution in [0.2, 0.25) is 0 Å². The van der Waals surface area contributed by atoms with Gasteiger partial charge in [0, 0.05) is 13.0 Å². The zero-order valence-electron chi connectivity index (χ0n) is 21.0. The number of amides is 5. The Labute approximate surface area is 224 Å². The summed E-state index contributed by atoms with van der Waals surface area (Å²) in [5.41, 5.74) is 5.52. The number of ether oxygens (including phenoxy) is 3. The highest BCUT2D eigenvalue weighted by atomic mass is 19.4. The lowest BCUT2D eigenvalue weighted by Crippen LogP contribution is -2.54. The van der Waals surface area contributed by atoms with E-state index in [1.807, 2.05) is 0 Å². The smallest absolute Gasteiger partial charge is 0.475 e. The molecule has 2 heterocycles. The Kier molecular flexibility index (Phi) is 12.1. The van der Waals surface area contributed by atoms with Gasteiger partial charge < -0.3 is 30.4 Å². The Morgan fingerprint density at radius 3 is 2.20 bits per heavy atom. The highest BCUT2D eigenvalue weighted by Crippen LogP contribution is 2.32. The number of halogens is 3. The van der Waals surface area contributed by atoms with E-state index in [2.05, 4.69) is 10.6 Å². The molecule has 0 saturated carbocycles. The van der Waals surface area contributed by atoms with E-state index < -0.39 is 47.7 Å². The Bertz CT molecular complexity index is 1130. The summed E-state index contributed by atoms with van der Waals surface area (Å²) in [6, 6.07) is 3.38. The minimum Gasteiger partial charge on any atom is -0.475 e. The van der Waals surface area contributed by atoms with Crippen molar-refractivity contribution in [3.05, 3.63) is 29.3 Å². The molecule has 220 valence electrons. The molecule has 1 aromatic rings. The molecule has 2 aliphatic rings. The van der Waals surface area contributed by atoms with E-state index in [-0.39, 0.29) is 49.5 Å². The summed E-state index contributed by atoms with van der Waals surface area (Å²) >= 11 is 0. The highest BCUT2D eigenvalue weighted by Gasteiger charge is 2.45. The van der Waals surface area contributed by atoms with Crippen LogP contribution in [0, 0.1) is 0 Å². The number of carboxylic acids is 1. The minimum atomic E-state index is -5.08. The van der Waals surface area contributed by atoms with Gasteiger partial charge in [-0.25, -0.2) is 4.79 Å². The average molecular weight is 576 g/mol. The van der Waals surface area contributed by atoms with E-state index in [9.17, 15) is 37.1 Å². The zero-order valence-corrected chi connectivity index (χ0v) is 21.0. The van der Waals surface area contributed by atoms with Crippen molar-refractivity contribution in [2.24, 2.45) is 5.73 Å². The van der Waals surface area contributed by atoms with Crippen molar-refractivity contribution in [2.75, 3.05) is 51.5 Å². The van der Waals surface area contributed by atoms with Gasteiger partial charge in [0.15, 0.2) is 0 Å². The predicted molar refractivity (Wildman–Crippen MR) is 127 cm³/mol. The summed E-state index contributed by atoms with van der Waals surface area (Å²) in [4.78, 5) is 71.3. The number of hydrogen-bond acceptors (Lipinski definition) is 10. The van der Waals surface area contributed by atoms with E-state index in [1.165, 1.54) is 18.2 Å². The van der Waals surface area contributed by atoms with Crippen LogP contribution in [0.25, 0.3) is 0 Å². The Hall–Kier alpha value is -3.93. The second-order valence-corrected chi connectivity index (χ2v) is 8.09. The summed E-state index contributed by atoms with van der Waals surface area (Å²) < 4.78 is 47.4. The molecule has 5 N–H and O–H groups in total. The standard InChI is InChI=1S/C21H26N4O8.C2HF3O2/c22-6-7-31-8-9-32-10-11-33-12-17(27)23-14-3-1-2-13-18(14)21(30)25(20(13)29)15-4-5-16(26)24-19(15)28;3-2(4,5)1(6)7/h1-3,15H,4-12,22H2,(H,23,27)(H,24,26,28);(H,6,7). The van der Waals surface area contributed by atoms with E-state index in [0.29, 0.717) is 26.4 Å². The maximum Gasteiger partial charge on any atom is 0.490 e. The Balaban J connectivity index is 0.000000708. The lowest BCUT2D eigenvalue weighted by Gasteiger charge is -2.27. The molecule has 40 heavy (non-hydrogen) atoms. The third kappa shape index (κ3) is 9.08. The molecule has 5 amide bonds. The first-order valence-electron chi connectivity index (χ1n) is 11.8. The zero-order chi connectivity index (χ0) is 29.9. The first-order chi connectivity index (χ1) is 18.9.